The number of likely N-dealkylation sites (N-methyl/N-ethyl adjacent to an activating group) is 1. The third-order valence-electron chi connectivity index (χ3n) is 2.18. The SMILES string of the molecule is CC[C@@H](Oc1ccc(F)cc1)C(=O)N(C)C. The van der Waals surface area contributed by atoms with Gasteiger partial charge in [-0.2, -0.15) is 0 Å². The minimum Gasteiger partial charge on any atom is -0.481 e. The van der Waals surface area contributed by atoms with Crippen molar-refractivity contribution in [3.8, 4) is 5.75 Å². The molecule has 0 fully saturated rings. The number of benzene rings is 1. The van der Waals surface area contributed by atoms with Crippen LogP contribution in [0.15, 0.2) is 24.3 Å². The Bertz CT molecular complexity index is 349. The lowest BCUT2D eigenvalue weighted by Crippen LogP contribution is -2.37. The highest BCUT2D eigenvalue weighted by molar-refractivity contribution is 5.80. The van der Waals surface area contributed by atoms with Crippen LogP contribution in [-0.2, 0) is 4.79 Å². The average molecular weight is 225 g/mol. The molecule has 1 aromatic rings. The van der Waals surface area contributed by atoms with Crippen molar-refractivity contribution in [2.24, 2.45) is 0 Å². The van der Waals surface area contributed by atoms with Gasteiger partial charge in [-0.15, -0.1) is 0 Å². The molecule has 4 heteroatoms. The predicted molar refractivity (Wildman–Crippen MR) is 59.8 cm³/mol. The fourth-order valence-electron chi connectivity index (χ4n) is 1.27. The number of carbonyl (C=O) groups excluding carboxylic acids is 1. The number of nitrogens with zero attached hydrogens (tertiary/aromatic N) is 1. The molecule has 1 rings (SSSR count). The number of hydrogen-bond donors (Lipinski definition) is 0. The second-order valence-electron chi connectivity index (χ2n) is 3.70. The number of rotatable bonds is 4. The van der Waals surface area contributed by atoms with Crippen LogP contribution in [0.3, 0.4) is 0 Å². The van der Waals surface area contributed by atoms with Crippen LogP contribution in [-0.4, -0.2) is 31.0 Å². The van der Waals surface area contributed by atoms with Gasteiger partial charge in [0.25, 0.3) is 5.91 Å². The van der Waals surface area contributed by atoms with E-state index in [4.69, 9.17) is 4.74 Å². The highest BCUT2D eigenvalue weighted by Gasteiger charge is 2.19. The van der Waals surface area contributed by atoms with E-state index in [1.165, 1.54) is 29.2 Å². The molecule has 1 aromatic carbocycles. The lowest BCUT2D eigenvalue weighted by Gasteiger charge is -2.20. The van der Waals surface area contributed by atoms with E-state index >= 15 is 0 Å². The quantitative estimate of drug-likeness (QED) is 0.785. The maximum Gasteiger partial charge on any atom is 0.263 e. The minimum atomic E-state index is -0.513. The standard InChI is InChI=1S/C12H16FNO2/c1-4-11(12(15)14(2)3)16-10-7-5-9(13)6-8-10/h5-8,11H,4H2,1-3H3/t11-/m1/s1. The van der Waals surface area contributed by atoms with Crippen LogP contribution in [0.4, 0.5) is 4.39 Å². The van der Waals surface area contributed by atoms with Gasteiger partial charge in [0.15, 0.2) is 6.10 Å². The largest absolute Gasteiger partial charge is 0.481 e. The molecule has 0 heterocycles. The Kier molecular flexibility index (Phi) is 4.28. The van der Waals surface area contributed by atoms with Crippen molar-refractivity contribution in [3.63, 3.8) is 0 Å². The Morgan fingerprint density at radius 2 is 1.94 bits per heavy atom. The van der Waals surface area contributed by atoms with Crippen molar-refractivity contribution in [1.29, 1.82) is 0 Å². The number of ether oxygens (including phenoxy) is 1. The molecule has 0 saturated carbocycles. The molecule has 0 aliphatic heterocycles. The molecule has 16 heavy (non-hydrogen) atoms. The zero-order chi connectivity index (χ0) is 12.1. The average Bonchev–Trinajstić information content (AvgIpc) is 2.27. The Balaban J connectivity index is 2.70. The summed E-state index contributed by atoms with van der Waals surface area (Å²) < 4.78 is 18.1. The van der Waals surface area contributed by atoms with Crippen LogP contribution in [0, 0.1) is 5.82 Å². The molecule has 0 aliphatic carbocycles. The highest BCUT2D eigenvalue weighted by Crippen LogP contribution is 2.15. The van der Waals surface area contributed by atoms with Gasteiger partial charge in [-0.25, -0.2) is 4.39 Å². The summed E-state index contributed by atoms with van der Waals surface area (Å²) in [7, 11) is 3.36. The molecule has 0 bridgehead atoms. The van der Waals surface area contributed by atoms with Gasteiger partial charge in [0, 0.05) is 14.1 Å². The van der Waals surface area contributed by atoms with Crippen LogP contribution in [0.2, 0.25) is 0 Å². The van der Waals surface area contributed by atoms with Gasteiger partial charge in [-0.1, -0.05) is 6.92 Å². The fraction of sp³-hybridized carbons (Fsp3) is 0.417. The fourth-order valence-corrected chi connectivity index (χ4v) is 1.27. The zero-order valence-electron chi connectivity index (χ0n) is 9.74. The normalized spacial score (nSPS) is 12.0. The second-order valence-corrected chi connectivity index (χ2v) is 3.70. The molecule has 1 atom stereocenters. The summed E-state index contributed by atoms with van der Waals surface area (Å²) in [5.74, 6) is 0.0922. The topological polar surface area (TPSA) is 29.5 Å². The van der Waals surface area contributed by atoms with Gasteiger partial charge in [0.2, 0.25) is 0 Å². The van der Waals surface area contributed by atoms with E-state index < -0.39 is 6.10 Å². The molecular formula is C12H16FNO2. The van der Waals surface area contributed by atoms with Gasteiger partial charge in [0.1, 0.15) is 11.6 Å². The minimum absolute atomic E-state index is 0.0909. The summed E-state index contributed by atoms with van der Waals surface area (Å²) in [5.41, 5.74) is 0. The first-order chi connectivity index (χ1) is 7.54. The molecule has 0 aliphatic rings. The van der Waals surface area contributed by atoms with Crippen molar-refractivity contribution in [3.05, 3.63) is 30.1 Å². The van der Waals surface area contributed by atoms with Gasteiger partial charge in [-0.3, -0.25) is 4.79 Å². The van der Waals surface area contributed by atoms with E-state index in [2.05, 4.69) is 0 Å². The maximum atomic E-state index is 12.7. The van der Waals surface area contributed by atoms with E-state index in [0.717, 1.165) is 0 Å². The smallest absolute Gasteiger partial charge is 0.263 e. The summed E-state index contributed by atoms with van der Waals surface area (Å²) in [5, 5.41) is 0. The second kappa shape index (κ2) is 5.49. The first kappa shape index (κ1) is 12.5. The summed E-state index contributed by atoms with van der Waals surface area (Å²) in [6.45, 7) is 1.87. The van der Waals surface area contributed by atoms with Crippen molar-refractivity contribution in [2.75, 3.05) is 14.1 Å². The van der Waals surface area contributed by atoms with Crippen molar-refractivity contribution in [1.82, 2.24) is 4.90 Å². The third kappa shape index (κ3) is 3.22. The summed E-state index contributed by atoms with van der Waals surface area (Å²) >= 11 is 0. The van der Waals surface area contributed by atoms with E-state index in [-0.39, 0.29) is 11.7 Å². The van der Waals surface area contributed by atoms with Crippen LogP contribution in [0.1, 0.15) is 13.3 Å². The highest BCUT2D eigenvalue weighted by atomic mass is 19.1. The van der Waals surface area contributed by atoms with Gasteiger partial charge in [-0.05, 0) is 30.7 Å². The predicted octanol–water partition coefficient (Wildman–Crippen LogP) is 2.07. The maximum absolute atomic E-state index is 12.7. The molecule has 88 valence electrons. The van der Waals surface area contributed by atoms with E-state index in [0.29, 0.717) is 12.2 Å². The molecule has 0 N–H and O–H groups in total. The molecule has 0 spiro atoms. The van der Waals surface area contributed by atoms with Crippen LogP contribution in [0.5, 0.6) is 5.75 Å². The Labute approximate surface area is 94.8 Å². The van der Waals surface area contributed by atoms with Crippen LogP contribution >= 0.6 is 0 Å². The van der Waals surface area contributed by atoms with Gasteiger partial charge >= 0.3 is 0 Å². The Morgan fingerprint density at radius 3 is 2.38 bits per heavy atom. The number of amides is 1. The van der Waals surface area contributed by atoms with Crippen molar-refractivity contribution in [2.45, 2.75) is 19.4 Å². The Hall–Kier alpha value is -1.58. The summed E-state index contributed by atoms with van der Waals surface area (Å²) in [6, 6.07) is 5.65. The third-order valence-corrected chi connectivity index (χ3v) is 2.18. The van der Waals surface area contributed by atoms with E-state index in [1.54, 1.807) is 14.1 Å². The molecular weight excluding hydrogens is 209 g/mol. The molecule has 0 unspecified atom stereocenters. The lowest BCUT2D eigenvalue weighted by atomic mass is 10.2. The first-order valence-corrected chi connectivity index (χ1v) is 5.18. The van der Waals surface area contributed by atoms with Gasteiger partial charge in [0.05, 0.1) is 0 Å². The van der Waals surface area contributed by atoms with E-state index in [9.17, 15) is 9.18 Å². The number of hydrogen-bond acceptors (Lipinski definition) is 2. The van der Waals surface area contributed by atoms with Crippen LogP contribution < -0.4 is 4.74 Å². The molecule has 0 saturated heterocycles. The monoisotopic (exact) mass is 225 g/mol. The first-order valence-electron chi connectivity index (χ1n) is 5.18. The van der Waals surface area contributed by atoms with Crippen LogP contribution in [0.25, 0.3) is 0 Å². The lowest BCUT2D eigenvalue weighted by molar-refractivity contribution is -0.136. The molecule has 0 aromatic heterocycles. The molecule has 1 amide bonds. The van der Waals surface area contributed by atoms with Crippen molar-refractivity contribution < 1.29 is 13.9 Å². The van der Waals surface area contributed by atoms with Crippen molar-refractivity contribution >= 4 is 5.91 Å². The zero-order valence-corrected chi connectivity index (χ0v) is 9.74. The number of carbonyl (C=O) groups is 1. The Morgan fingerprint density at radius 1 is 1.38 bits per heavy atom. The van der Waals surface area contributed by atoms with E-state index in [1.807, 2.05) is 6.92 Å². The molecule has 0 radical (unpaired) electrons. The van der Waals surface area contributed by atoms with Gasteiger partial charge < -0.3 is 9.64 Å². The summed E-state index contributed by atoms with van der Waals surface area (Å²) in [6.07, 6.45) is 0.0643. The number of halogens is 1. The molecule has 3 nitrogen and oxygen atoms in total. The summed E-state index contributed by atoms with van der Waals surface area (Å²) in [4.78, 5) is 13.2.